The normalized spacial score (nSPS) is 10.5. The number of thioether (sulfide) groups is 1. The van der Waals surface area contributed by atoms with E-state index in [0.29, 0.717) is 10.0 Å². The number of carbonyl (C=O) groups excluding carboxylic acids is 1. The van der Waals surface area contributed by atoms with E-state index in [1.54, 1.807) is 0 Å². The molecule has 0 aliphatic rings. The van der Waals surface area contributed by atoms with Gasteiger partial charge in [-0.25, -0.2) is 14.4 Å². The van der Waals surface area contributed by atoms with Crippen molar-refractivity contribution in [2.24, 2.45) is 0 Å². The lowest BCUT2D eigenvalue weighted by molar-refractivity contribution is -0.129. The van der Waals surface area contributed by atoms with Gasteiger partial charge in [-0.2, -0.15) is 5.26 Å². The van der Waals surface area contributed by atoms with Gasteiger partial charge in [-0.05, 0) is 12.1 Å². The fraction of sp³-hybridized carbons (Fsp3) is 0.176. The Morgan fingerprint density at radius 3 is 2.86 bits per heavy atom. The summed E-state index contributed by atoms with van der Waals surface area (Å²) in [5, 5.41) is 16.9. The van der Waals surface area contributed by atoms with Crippen LogP contribution in [0.15, 0.2) is 40.2 Å². The maximum absolute atomic E-state index is 14.3. The first-order chi connectivity index (χ1) is 14.0. The standard InChI is InChI=1S/C17H13ClFN7O2S/c18-12-5-22-9-23-16(12)29-8-15(27)26(7-14-24-25-17(21)28-14)6-11-2-1-10(4-20)3-13(11)19/h1-3,5,9H,6-8H2,(H2,21,25). The van der Waals surface area contributed by atoms with Gasteiger partial charge in [0.25, 0.3) is 0 Å². The van der Waals surface area contributed by atoms with Crippen LogP contribution >= 0.6 is 23.4 Å². The Morgan fingerprint density at radius 1 is 1.38 bits per heavy atom. The molecule has 29 heavy (non-hydrogen) atoms. The molecular formula is C17H13ClFN7O2S. The molecule has 3 aromatic rings. The van der Waals surface area contributed by atoms with Crippen LogP contribution in [0.25, 0.3) is 0 Å². The summed E-state index contributed by atoms with van der Waals surface area (Å²) in [4.78, 5) is 21.9. The predicted molar refractivity (Wildman–Crippen MR) is 102 cm³/mol. The highest BCUT2D eigenvalue weighted by atomic mass is 35.5. The monoisotopic (exact) mass is 433 g/mol. The Balaban J connectivity index is 1.77. The average Bonchev–Trinajstić information content (AvgIpc) is 3.12. The van der Waals surface area contributed by atoms with Crippen molar-refractivity contribution in [3.05, 3.63) is 58.6 Å². The third kappa shape index (κ3) is 5.40. The smallest absolute Gasteiger partial charge is 0.312 e. The molecule has 3 rings (SSSR count). The zero-order valence-electron chi connectivity index (χ0n) is 14.7. The predicted octanol–water partition coefficient (Wildman–Crippen LogP) is 2.43. The van der Waals surface area contributed by atoms with Crippen molar-refractivity contribution >= 4 is 35.3 Å². The molecule has 2 aromatic heterocycles. The van der Waals surface area contributed by atoms with E-state index < -0.39 is 5.82 Å². The first kappa shape index (κ1) is 20.5. The quantitative estimate of drug-likeness (QED) is 0.440. The van der Waals surface area contributed by atoms with Gasteiger partial charge in [-0.15, -0.1) is 5.10 Å². The summed E-state index contributed by atoms with van der Waals surface area (Å²) in [5.74, 6) is -0.850. The van der Waals surface area contributed by atoms with E-state index >= 15 is 0 Å². The molecule has 2 N–H and O–H groups in total. The number of aromatic nitrogens is 4. The molecule has 1 amide bonds. The van der Waals surface area contributed by atoms with E-state index in [1.165, 1.54) is 29.6 Å². The van der Waals surface area contributed by atoms with E-state index in [1.807, 2.05) is 6.07 Å². The van der Waals surface area contributed by atoms with E-state index in [2.05, 4.69) is 20.2 Å². The number of nitrogens with two attached hydrogens (primary N) is 1. The highest BCUT2D eigenvalue weighted by molar-refractivity contribution is 8.00. The molecule has 0 radical (unpaired) electrons. The lowest BCUT2D eigenvalue weighted by Crippen LogP contribution is -2.32. The molecule has 12 heteroatoms. The third-order valence-corrected chi connectivity index (χ3v) is 5.05. The Bertz CT molecular complexity index is 1070. The molecule has 0 unspecified atom stereocenters. The maximum Gasteiger partial charge on any atom is 0.312 e. The van der Waals surface area contributed by atoms with Crippen LogP contribution in [0.1, 0.15) is 17.0 Å². The van der Waals surface area contributed by atoms with Crippen molar-refractivity contribution in [1.29, 1.82) is 5.26 Å². The second-order valence-electron chi connectivity index (χ2n) is 5.67. The molecule has 9 nitrogen and oxygen atoms in total. The zero-order chi connectivity index (χ0) is 20.8. The number of amides is 1. The number of nitrogens with zero attached hydrogens (tertiary/aromatic N) is 6. The first-order valence-electron chi connectivity index (χ1n) is 8.08. The third-order valence-electron chi connectivity index (χ3n) is 3.67. The van der Waals surface area contributed by atoms with Crippen LogP contribution in [0.3, 0.4) is 0 Å². The van der Waals surface area contributed by atoms with Gasteiger partial charge in [-0.3, -0.25) is 4.79 Å². The fourth-order valence-electron chi connectivity index (χ4n) is 2.31. The Kier molecular flexibility index (Phi) is 6.58. The second-order valence-corrected chi connectivity index (χ2v) is 7.04. The van der Waals surface area contributed by atoms with Crippen LogP contribution in [0.2, 0.25) is 5.02 Å². The molecular weight excluding hydrogens is 421 g/mol. The van der Waals surface area contributed by atoms with Crippen LogP contribution in [-0.2, 0) is 17.9 Å². The molecule has 0 saturated carbocycles. The molecule has 0 bridgehead atoms. The molecule has 0 spiro atoms. The Morgan fingerprint density at radius 2 is 2.21 bits per heavy atom. The number of benzene rings is 1. The van der Waals surface area contributed by atoms with E-state index in [-0.39, 0.29) is 47.8 Å². The molecule has 0 fully saturated rings. The topological polar surface area (TPSA) is 135 Å². The van der Waals surface area contributed by atoms with Gasteiger partial charge >= 0.3 is 6.01 Å². The summed E-state index contributed by atoms with van der Waals surface area (Å²) in [7, 11) is 0. The summed E-state index contributed by atoms with van der Waals surface area (Å²) < 4.78 is 19.4. The van der Waals surface area contributed by atoms with Gasteiger partial charge in [0.15, 0.2) is 0 Å². The van der Waals surface area contributed by atoms with Crippen LogP contribution in [0.5, 0.6) is 0 Å². The first-order valence-corrected chi connectivity index (χ1v) is 9.45. The average molecular weight is 434 g/mol. The van der Waals surface area contributed by atoms with Gasteiger partial charge in [-0.1, -0.05) is 34.5 Å². The maximum atomic E-state index is 14.3. The number of halogens is 2. The number of hydrogen-bond donors (Lipinski definition) is 1. The van der Waals surface area contributed by atoms with Crippen LogP contribution in [0.4, 0.5) is 10.4 Å². The van der Waals surface area contributed by atoms with Crippen LogP contribution in [0, 0.1) is 17.1 Å². The minimum atomic E-state index is -0.599. The molecule has 0 aliphatic heterocycles. The number of nitrogen functional groups attached to an aromatic ring is 1. The summed E-state index contributed by atoms with van der Waals surface area (Å²) in [5.41, 5.74) is 5.84. The molecule has 0 aliphatic carbocycles. The van der Waals surface area contributed by atoms with E-state index in [4.69, 9.17) is 27.0 Å². The fourth-order valence-corrected chi connectivity index (χ4v) is 3.33. The van der Waals surface area contributed by atoms with Crippen molar-refractivity contribution < 1.29 is 13.6 Å². The lowest BCUT2D eigenvalue weighted by atomic mass is 10.1. The van der Waals surface area contributed by atoms with Gasteiger partial charge in [0.2, 0.25) is 11.8 Å². The van der Waals surface area contributed by atoms with Crippen molar-refractivity contribution in [3.8, 4) is 6.07 Å². The van der Waals surface area contributed by atoms with Crippen molar-refractivity contribution in [2.75, 3.05) is 11.5 Å². The van der Waals surface area contributed by atoms with E-state index in [0.717, 1.165) is 17.8 Å². The molecule has 1 aromatic carbocycles. The Labute approximate surface area is 173 Å². The summed E-state index contributed by atoms with van der Waals surface area (Å²) in [6.45, 7) is -0.142. The molecule has 2 heterocycles. The number of nitriles is 1. The van der Waals surface area contributed by atoms with Gasteiger partial charge < -0.3 is 15.1 Å². The number of hydrogen-bond acceptors (Lipinski definition) is 9. The van der Waals surface area contributed by atoms with Gasteiger partial charge in [0, 0.05) is 12.1 Å². The minimum Gasteiger partial charge on any atom is -0.406 e. The zero-order valence-corrected chi connectivity index (χ0v) is 16.3. The summed E-state index contributed by atoms with van der Waals surface area (Å²) >= 11 is 7.12. The lowest BCUT2D eigenvalue weighted by Gasteiger charge is -2.21. The van der Waals surface area contributed by atoms with Gasteiger partial charge in [0.05, 0.1) is 35.1 Å². The number of rotatable bonds is 7. The van der Waals surface area contributed by atoms with E-state index in [9.17, 15) is 9.18 Å². The Hall–Kier alpha value is -3.23. The van der Waals surface area contributed by atoms with Gasteiger partial charge in [0.1, 0.15) is 17.2 Å². The highest BCUT2D eigenvalue weighted by Crippen LogP contribution is 2.24. The van der Waals surface area contributed by atoms with Crippen LogP contribution < -0.4 is 5.73 Å². The SMILES string of the molecule is N#Cc1ccc(CN(Cc2nnc(N)o2)C(=O)CSc2ncncc2Cl)c(F)c1. The van der Waals surface area contributed by atoms with Crippen molar-refractivity contribution in [3.63, 3.8) is 0 Å². The van der Waals surface area contributed by atoms with Crippen molar-refractivity contribution in [1.82, 2.24) is 25.1 Å². The summed E-state index contributed by atoms with van der Waals surface area (Å²) in [6, 6.07) is 5.75. The summed E-state index contributed by atoms with van der Waals surface area (Å²) in [6.07, 6.45) is 2.75. The minimum absolute atomic E-state index is 0.0156. The van der Waals surface area contributed by atoms with Crippen LogP contribution in [-0.4, -0.2) is 36.7 Å². The highest BCUT2D eigenvalue weighted by Gasteiger charge is 2.20. The largest absolute Gasteiger partial charge is 0.406 e. The second kappa shape index (κ2) is 9.31. The molecule has 148 valence electrons. The number of carbonyl (C=O) groups is 1. The number of anilines is 1. The molecule has 0 saturated heterocycles. The van der Waals surface area contributed by atoms with Crippen molar-refractivity contribution in [2.45, 2.75) is 18.1 Å². The molecule has 0 atom stereocenters.